The number of hydrogen-bond donors (Lipinski definition) is 6. The number of amides is 7. The number of ether oxygens (including phenoxy) is 1. The Balaban J connectivity index is 1.51. The minimum Gasteiger partial charge on any atom is -0.480 e. The molecule has 1 atom stereocenters. The molecule has 2 aromatic rings. The van der Waals surface area contributed by atoms with Crippen LogP contribution < -0.4 is 31.5 Å². The van der Waals surface area contributed by atoms with Gasteiger partial charge in [0.05, 0.1) is 30.7 Å². The third-order valence-electron chi connectivity index (χ3n) is 8.84. The van der Waals surface area contributed by atoms with Gasteiger partial charge in [0.1, 0.15) is 19.4 Å². The lowest BCUT2D eigenvalue weighted by Gasteiger charge is -2.41. The number of benzene rings is 2. The van der Waals surface area contributed by atoms with Gasteiger partial charge in [0, 0.05) is 24.7 Å². The standard InChI is InChI=1S/C35H44N6O10/c1-34(2,23-10-12-24(13-11-23)41-29(45)14-15-30(41)46)35(3,4)33(50)38-18-26(42)36-19-28(44)40-25(16-22-8-6-5-7-9-22)32(49)37-17-27(43)39-21-51-20-31(47)48/h5-13,25H,14-21H2,1-4H3,(H,36,42)(H,37,49)(H,38,50)(H,39,43)(H,40,44)(H,47,48). The largest absolute Gasteiger partial charge is 0.480 e. The van der Waals surface area contributed by atoms with E-state index in [1.807, 2.05) is 13.8 Å². The Kier molecular flexibility index (Phi) is 13.9. The number of nitrogens with zero attached hydrogens (tertiary/aromatic N) is 1. The quantitative estimate of drug-likeness (QED) is 0.0684. The van der Waals surface area contributed by atoms with E-state index in [0.29, 0.717) is 5.69 Å². The van der Waals surface area contributed by atoms with Crippen molar-refractivity contribution in [2.75, 3.05) is 37.9 Å². The van der Waals surface area contributed by atoms with Gasteiger partial charge in [-0.1, -0.05) is 70.2 Å². The molecule has 1 aliphatic rings. The van der Waals surface area contributed by atoms with Crippen LogP contribution in [0.2, 0.25) is 0 Å². The second-order valence-corrected chi connectivity index (χ2v) is 12.9. The summed E-state index contributed by atoms with van der Waals surface area (Å²) in [5.41, 5.74) is 0.155. The summed E-state index contributed by atoms with van der Waals surface area (Å²) in [7, 11) is 0. The summed E-state index contributed by atoms with van der Waals surface area (Å²) in [6, 6.07) is 14.5. The van der Waals surface area contributed by atoms with E-state index >= 15 is 0 Å². The van der Waals surface area contributed by atoms with Crippen molar-refractivity contribution in [3.8, 4) is 0 Å². The van der Waals surface area contributed by atoms with E-state index in [9.17, 15) is 38.4 Å². The van der Waals surface area contributed by atoms with Gasteiger partial charge in [-0.15, -0.1) is 0 Å². The van der Waals surface area contributed by atoms with Crippen LogP contribution in [0.5, 0.6) is 0 Å². The first-order chi connectivity index (χ1) is 24.0. The van der Waals surface area contributed by atoms with Crippen molar-refractivity contribution in [3.63, 3.8) is 0 Å². The highest BCUT2D eigenvalue weighted by molar-refractivity contribution is 6.19. The summed E-state index contributed by atoms with van der Waals surface area (Å²) in [4.78, 5) is 99.5. The van der Waals surface area contributed by atoms with Crippen LogP contribution in [0.1, 0.15) is 51.7 Å². The van der Waals surface area contributed by atoms with Crippen molar-refractivity contribution >= 4 is 53.0 Å². The fraction of sp³-hybridized carbons (Fsp3) is 0.429. The molecule has 0 bridgehead atoms. The number of rotatable bonds is 18. The summed E-state index contributed by atoms with van der Waals surface area (Å²) < 4.78 is 4.72. The molecule has 0 aliphatic carbocycles. The maximum Gasteiger partial charge on any atom is 0.329 e. The number of anilines is 1. The van der Waals surface area contributed by atoms with E-state index in [2.05, 4.69) is 26.6 Å². The Labute approximate surface area is 295 Å². The lowest BCUT2D eigenvalue weighted by atomic mass is 9.63. The Morgan fingerprint density at radius 1 is 0.765 bits per heavy atom. The Bertz CT molecular complexity index is 1610. The Morgan fingerprint density at radius 3 is 1.94 bits per heavy atom. The van der Waals surface area contributed by atoms with Gasteiger partial charge in [-0.25, -0.2) is 4.79 Å². The fourth-order valence-corrected chi connectivity index (χ4v) is 5.09. The van der Waals surface area contributed by atoms with Gasteiger partial charge in [-0.3, -0.25) is 38.5 Å². The molecule has 1 fully saturated rings. The first-order valence-corrected chi connectivity index (χ1v) is 16.2. The predicted octanol–water partition coefficient (Wildman–Crippen LogP) is -0.105. The summed E-state index contributed by atoms with van der Waals surface area (Å²) >= 11 is 0. The van der Waals surface area contributed by atoms with Gasteiger partial charge in [-0.2, -0.15) is 0 Å². The molecule has 51 heavy (non-hydrogen) atoms. The molecule has 3 rings (SSSR count). The number of imide groups is 1. The highest BCUT2D eigenvalue weighted by Crippen LogP contribution is 2.42. The monoisotopic (exact) mass is 708 g/mol. The summed E-state index contributed by atoms with van der Waals surface area (Å²) in [6.07, 6.45) is 0.415. The summed E-state index contributed by atoms with van der Waals surface area (Å²) in [5.74, 6) is -4.84. The van der Waals surface area contributed by atoms with Gasteiger partial charge in [-0.05, 0) is 23.3 Å². The number of carboxylic acids is 1. The first kappa shape index (κ1) is 39.8. The van der Waals surface area contributed by atoms with E-state index in [-0.39, 0.29) is 37.8 Å². The van der Waals surface area contributed by atoms with Crippen LogP contribution in [0.25, 0.3) is 0 Å². The molecule has 16 nitrogen and oxygen atoms in total. The molecule has 7 amide bonds. The van der Waals surface area contributed by atoms with Crippen LogP contribution >= 0.6 is 0 Å². The molecule has 6 N–H and O–H groups in total. The average molecular weight is 709 g/mol. The molecule has 1 heterocycles. The van der Waals surface area contributed by atoms with Crippen molar-refractivity contribution in [2.45, 2.75) is 58.4 Å². The minimum absolute atomic E-state index is 0.0772. The molecule has 274 valence electrons. The van der Waals surface area contributed by atoms with Gasteiger partial charge >= 0.3 is 5.97 Å². The maximum absolute atomic E-state index is 13.3. The van der Waals surface area contributed by atoms with Crippen LogP contribution in [-0.4, -0.2) is 91.4 Å². The molecule has 0 spiro atoms. The van der Waals surface area contributed by atoms with Crippen LogP contribution in [0.4, 0.5) is 5.69 Å². The SMILES string of the molecule is CC(C)(C(=O)NCC(=O)NCC(=O)NC(Cc1ccccc1)C(=O)NCC(=O)NCOCC(=O)O)C(C)(C)c1ccc(N2C(=O)CCC2=O)cc1. The van der Waals surface area contributed by atoms with Gasteiger partial charge in [0.2, 0.25) is 41.4 Å². The number of carbonyl (C=O) groups excluding carboxylic acids is 7. The smallest absolute Gasteiger partial charge is 0.329 e. The highest BCUT2D eigenvalue weighted by Gasteiger charge is 2.44. The van der Waals surface area contributed by atoms with Crippen LogP contribution in [0.15, 0.2) is 54.6 Å². The second-order valence-electron chi connectivity index (χ2n) is 12.9. The molecule has 0 aromatic heterocycles. The predicted molar refractivity (Wildman–Crippen MR) is 183 cm³/mol. The fourth-order valence-electron chi connectivity index (χ4n) is 5.09. The topological polar surface area (TPSA) is 229 Å². The Hall–Kier alpha value is -5.64. The highest BCUT2D eigenvalue weighted by atomic mass is 16.5. The lowest BCUT2D eigenvalue weighted by molar-refractivity contribution is -0.143. The van der Waals surface area contributed by atoms with Crippen LogP contribution in [-0.2, 0) is 54.9 Å². The maximum atomic E-state index is 13.3. The molecular formula is C35H44N6O10. The van der Waals surface area contributed by atoms with E-state index in [1.165, 1.54) is 0 Å². The summed E-state index contributed by atoms with van der Waals surface area (Å²) in [6.45, 7) is 4.80. The molecule has 0 saturated carbocycles. The van der Waals surface area contributed by atoms with Crippen molar-refractivity contribution < 1.29 is 48.2 Å². The molecule has 16 heteroatoms. The zero-order valence-electron chi connectivity index (χ0n) is 29.0. The average Bonchev–Trinajstić information content (AvgIpc) is 3.43. The zero-order valence-corrected chi connectivity index (χ0v) is 29.0. The Morgan fingerprint density at radius 2 is 1.33 bits per heavy atom. The van der Waals surface area contributed by atoms with Crippen molar-refractivity contribution in [2.24, 2.45) is 5.41 Å². The normalized spacial score (nSPS) is 13.6. The number of carbonyl (C=O) groups is 8. The number of aliphatic carboxylic acids is 1. The number of nitrogens with one attached hydrogen (secondary N) is 5. The molecule has 1 aliphatic heterocycles. The van der Waals surface area contributed by atoms with Gasteiger partial charge in [0.15, 0.2) is 0 Å². The molecule has 0 radical (unpaired) electrons. The van der Waals surface area contributed by atoms with E-state index in [1.54, 1.807) is 68.4 Å². The number of hydrogen-bond acceptors (Lipinski definition) is 9. The first-order valence-electron chi connectivity index (χ1n) is 16.2. The van der Waals surface area contributed by atoms with Crippen molar-refractivity contribution in [1.29, 1.82) is 0 Å². The van der Waals surface area contributed by atoms with E-state index in [4.69, 9.17) is 9.84 Å². The van der Waals surface area contributed by atoms with E-state index < -0.39 is 78.6 Å². The third-order valence-corrected chi connectivity index (χ3v) is 8.84. The lowest BCUT2D eigenvalue weighted by Crippen LogP contribution is -2.53. The molecular weight excluding hydrogens is 664 g/mol. The zero-order chi connectivity index (χ0) is 37.8. The minimum atomic E-state index is -1.21. The van der Waals surface area contributed by atoms with Gasteiger partial charge in [0.25, 0.3) is 0 Å². The summed E-state index contributed by atoms with van der Waals surface area (Å²) in [5, 5.41) is 20.9. The van der Waals surface area contributed by atoms with Gasteiger partial charge < -0.3 is 36.4 Å². The second kappa shape index (κ2) is 17.8. The molecule has 2 aromatic carbocycles. The number of carboxylic acid groups (broad SMARTS) is 1. The molecule has 1 saturated heterocycles. The van der Waals surface area contributed by atoms with Crippen molar-refractivity contribution in [3.05, 3.63) is 65.7 Å². The van der Waals surface area contributed by atoms with Crippen LogP contribution in [0, 0.1) is 5.41 Å². The molecule has 1 unspecified atom stereocenters. The van der Waals surface area contributed by atoms with Crippen molar-refractivity contribution in [1.82, 2.24) is 26.6 Å². The van der Waals surface area contributed by atoms with Crippen LogP contribution in [0.3, 0.4) is 0 Å². The van der Waals surface area contributed by atoms with E-state index in [0.717, 1.165) is 16.0 Å². The third kappa shape index (κ3) is 11.2.